The fourth-order valence-electron chi connectivity index (χ4n) is 3.38. The summed E-state index contributed by atoms with van der Waals surface area (Å²) in [4.78, 5) is 35.8. The first-order chi connectivity index (χ1) is 15.1. The Balaban J connectivity index is 1.47. The Morgan fingerprint density at radius 2 is 1.90 bits per heavy atom. The van der Waals surface area contributed by atoms with Gasteiger partial charge in [-0.2, -0.15) is 0 Å². The zero-order chi connectivity index (χ0) is 21.6. The zero-order valence-corrected chi connectivity index (χ0v) is 18.2. The molecule has 1 aliphatic heterocycles. The fourth-order valence-corrected chi connectivity index (χ4v) is 4.22. The van der Waals surface area contributed by atoms with Crippen LogP contribution in [0.15, 0.2) is 53.6 Å². The summed E-state index contributed by atoms with van der Waals surface area (Å²) in [5.41, 5.74) is 2.05. The van der Waals surface area contributed by atoms with E-state index in [1.54, 1.807) is 24.3 Å². The molecule has 1 amide bonds. The van der Waals surface area contributed by atoms with Crippen LogP contribution in [0.25, 0.3) is 10.9 Å². The van der Waals surface area contributed by atoms with Crippen molar-refractivity contribution in [1.82, 2.24) is 14.9 Å². The molecule has 0 bridgehead atoms. The van der Waals surface area contributed by atoms with Gasteiger partial charge in [-0.1, -0.05) is 42.1 Å². The van der Waals surface area contributed by atoms with Crippen LogP contribution in [0.3, 0.4) is 0 Å². The molecule has 0 aliphatic carbocycles. The molecule has 3 aromatic rings. The summed E-state index contributed by atoms with van der Waals surface area (Å²) in [5.74, 6) is 0.772. The smallest absolute Gasteiger partial charge is 0.234 e. The minimum atomic E-state index is -0.150. The zero-order valence-electron chi connectivity index (χ0n) is 17.3. The molecule has 1 N–H and O–H groups in total. The third-order valence-corrected chi connectivity index (χ3v) is 5.97. The summed E-state index contributed by atoms with van der Waals surface area (Å²) < 4.78 is 5.42. The number of nitrogens with one attached hydrogen (secondary N) is 1. The van der Waals surface area contributed by atoms with E-state index in [4.69, 9.17) is 14.7 Å². The number of nitrogens with zero attached hydrogens (tertiary/aromatic N) is 3. The van der Waals surface area contributed by atoms with Crippen LogP contribution >= 0.6 is 11.8 Å². The molecule has 1 aromatic heterocycles. The lowest BCUT2D eigenvalue weighted by Crippen LogP contribution is -2.36. The van der Waals surface area contributed by atoms with E-state index in [2.05, 4.69) is 10.2 Å². The van der Waals surface area contributed by atoms with Crippen molar-refractivity contribution in [1.29, 1.82) is 0 Å². The Morgan fingerprint density at radius 1 is 1.10 bits per heavy atom. The van der Waals surface area contributed by atoms with Gasteiger partial charge in [0.1, 0.15) is 10.9 Å². The second kappa shape index (κ2) is 10.00. The highest BCUT2D eigenvalue weighted by molar-refractivity contribution is 8.00. The molecular formula is C23H24N4O3S. The van der Waals surface area contributed by atoms with Gasteiger partial charge in [-0.15, -0.1) is 0 Å². The second-order valence-electron chi connectivity index (χ2n) is 7.32. The number of ketones is 1. The molecule has 160 valence electrons. The van der Waals surface area contributed by atoms with E-state index in [9.17, 15) is 9.59 Å². The lowest BCUT2D eigenvalue weighted by molar-refractivity contribution is -0.113. The van der Waals surface area contributed by atoms with E-state index >= 15 is 0 Å². The molecule has 2 aromatic carbocycles. The Hall–Kier alpha value is -2.81. The van der Waals surface area contributed by atoms with Gasteiger partial charge < -0.3 is 10.1 Å². The Bertz CT molecular complexity index is 1100. The molecule has 31 heavy (non-hydrogen) atoms. The van der Waals surface area contributed by atoms with Gasteiger partial charge in [-0.3, -0.25) is 14.5 Å². The highest BCUT2D eigenvalue weighted by Crippen LogP contribution is 2.26. The lowest BCUT2D eigenvalue weighted by Gasteiger charge is -2.25. The number of thioether (sulfide) groups is 1. The average Bonchev–Trinajstić information content (AvgIpc) is 2.78. The number of hydrogen-bond acceptors (Lipinski definition) is 7. The van der Waals surface area contributed by atoms with Crippen molar-refractivity contribution >= 4 is 40.0 Å². The van der Waals surface area contributed by atoms with Crippen molar-refractivity contribution in [2.24, 2.45) is 0 Å². The lowest BCUT2D eigenvalue weighted by atomic mass is 10.1. The highest BCUT2D eigenvalue weighted by Gasteiger charge is 2.15. The van der Waals surface area contributed by atoms with Crippen LogP contribution < -0.4 is 5.32 Å². The van der Waals surface area contributed by atoms with Crippen LogP contribution in [0.2, 0.25) is 0 Å². The van der Waals surface area contributed by atoms with Crippen LogP contribution in [0, 0.1) is 0 Å². The van der Waals surface area contributed by atoms with Crippen molar-refractivity contribution in [2.75, 3.05) is 37.4 Å². The van der Waals surface area contributed by atoms with Gasteiger partial charge in [0, 0.05) is 29.7 Å². The first-order valence-electron chi connectivity index (χ1n) is 10.2. The van der Waals surface area contributed by atoms with Crippen molar-refractivity contribution in [3.05, 3.63) is 59.9 Å². The van der Waals surface area contributed by atoms with Gasteiger partial charge in [0.05, 0.1) is 31.0 Å². The topological polar surface area (TPSA) is 84.4 Å². The molecule has 1 aliphatic rings. The summed E-state index contributed by atoms with van der Waals surface area (Å²) in [6.45, 7) is 5.33. The number of hydrogen-bond donors (Lipinski definition) is 1. The largest absolute Gasteiger partial charge is 0.379 e. The first kappa shape index (κ1) is 21.4. The summed E-state index contributed by atoms with van der Waals surface area (Å²) in [5, 5.41) is 4.59. The van der Waals surface area contributed by atoms with Crippen LogP contribution in [0.1, 0.15) is 23.1 Å². The number of para-hydroxylation sites is 1. The van der Waals surface area contributed by atoms with Crippen molar-refractivity contribution < 1.29 is 14.3 Å². The van der Waals surface area contributed by atoms with Crippen molar-refractivity contribution in [2.45, 2.75) is 18.5 Å². The molecule has 2 heterocycles. The van der Waals surface area contributed by atoms with Gasteiger partial charge in [-0.05, 0) is 25.1 Å². The molecule has 0 spiro atoms. The van der Waals surface area contributed by atoms with Crippen molar-refractivity contribution in [3.63, 3.8) is 0 Å². The molecule has 1 saturated heterocycles. The molecule has 0 radical (unpaired) electrons. The first-order valence-corrected chi connectivity index (χ1v) is 11.2. The Labute approximate surface area is 185 Å². The molecule has 7 nitrogen and oxygen atoms in total. The van der Waals surface area contributed by atoms with E-state index in [1.165, 1.54) is 18.7 Å². The quantitative estimate of drug-likeness (QED) is 0.345. The fraction of sp³-hybridized carbons (Fsp3) is 0.304. The molecule has 4 rings (SSSR count). The number of amides is 1. The SMILES string of the molecule is CC(=O)c1cccc(NC(=O)CSc2nc(CN3CCOCC3)nc3ccccc23)c1. The van der Waals surface area contributed by atoms with Gasteiger partial charge in [-0.25, -0.2) is 9.97 Å². The number of morpholine rings is 1. The van der Waals surface area contributed by atoms with Crippen LogP contribution in [0.4, 0.5) is 5.69 Å². The molecule has 1 fully saturated rings. The third-order valence-electron chi connectivity index (χ3n) is 4.98. The number of Topliss-reactive ketones (excluding diaryl/α,β-unsaturated/α-hetero) is 1. The number of aromatic nitrogens is 2. The minimum absolute atomic E-state index is 0.0364. The van der Waals surface area contributed by atoms with Gasteiger partial charge in [0.15, 0.2) is 5.78 Å². The van der Waals surface area contributed by atoms with Gasteiger partial charge in [0.25, 0.3) is 0 Å². The summed E-state index contributed by atoms with van der Waals surface area (Å²) in [6, 6.07) is 14.8. The molecule has 0 saturated carbocycles. The predicted octanol–water partition coefficient (Wildman–Crippen LogP) is 3.40. The maximum absolute atomic E-state index is 12.5. The van der Waals surface area contributed by atoms with Crippen LogP contribution in [0.5, 0.6) is 0 Å². The van der Waals surface area contributed by atoms with E-state index in [1.807, 2.05) is 24.3 Å². The molecule has 0 atom stereocenters. The monoisotopic (exact) mass is 436 g/mol. The number of carbonyl (C=O) groups excluding carboxylic acids is 2. The summed E-state index contributed by atoms with van der Waals surface area (Å²) in [6.07, 6.45) is 0. The van der Waals surface area contributed by atoms with E-state index in [0.717, 1.165) is 48.1 Å². The second-order valence-corrected chi connectivity index (χ2v) is 8.29. The Kier molecular flexibility index (Phi) is 6.91. The number of carbonyl (C=O) groups is 2. The van der Waals surface area contributed by atoms with Gasteiger partial charge >= 0.3 is 0 Å². The Morgan fingerprint density at radius 3 is 2.71 bits per heavy atom. The average molecular weight is 437 g/mol. The van der Waals surface area contributed by atoms with E-state index in [-0.39, 0.29) is 17.4 Å². The van der Waals surface area contributed by atoms with Crippen LogP contribution in [-0.2, 0) is 16.1 Å². The normalized spacial score (nSPS) is 14.5. The molecule has 0 unspecified atom stereocenters. The van der Waals surface area contributed by atoms with Crippen molar-refractivity contribution in [3.8, 4) is 0 Å². The maximum atomic E-state index is 12.5. The molecular weight excluding hydrogens is 412 g/mol. The highest BCUT2D eigenvalue weighted by atomic mass is 32.2. The van der Waals surface area contributed by atoms with Gasteiger partial charge in [0.2, 0.25) is 5.91 Å². The third kappa shape index (κ3) is 5.66. The molecule has 8 heteroatoms. The maximum Gasteiger partial charge on any atom is 0.234 e. The minimum Gasteiger partial charge on any atom is -0.379 e. The predicted molar refractivity (Wildman–Crippen MR) is 121 cm³/mol. The number of rotatable bonds is 7. The van der Waals surface area contributed by atoms with Crippen LogP contribution in [-0.4, -0.2) is 58.6 Å². The number of anilines is 1. The summed E-state index contributed by atoms with van der Waals surface area (Å²) >= 11 is 1.39. The van der Waals surface area contributed by atoms with E-state index in [0.29, 0.717) is 17.8 Å². The number of ether oxygens (including phenoxy) is 1. The standard InChI is InChI=1S/C23H24N4O3S/c1-16(28)17-5-4-6-18(13-17)24-22(29)15-31-23-19-7-2-3-8-20(19)25-21(26-23)14-27-9-11-30-12-10-27/h2-8,13H,9-12,14-15H2,1H3,(H,24,29). The summed E-state index contributed by atoms with van der Waals surface area (Å²) in [7, 11) is 0. The number of fused-ring (bicyclic) bond motifs is 1. The van der Waals surface area contributed by atoms with E-state index < -0.39 is 0 Å². The number of benzene rings is 2.